The molecule has 2 fully saturated rings. The zero-order valence-corrected chi connectivity index (χ0v) is 11.3. The van der Waals surface area contributed by atoms with Gasteiger partial charge in [-0.05, 0) is 42.7 Å². The SMILES string of the molecule is NCC1(c2cccc(C3CCCC3)c2)CCCC1. The van der Waals surface area contributed by atoms with Crippen LogP contribution in [-0.2, 0) is 5.41 Å². The van der Waals surface area contributed by atoms with Crippen molar-refractivity contribution < 1.29 is 0 Å². The van der Waals surface area contributed by atoms with Crippen LogP contribution >= 0.6 is 0 Å². The molecule has 0 amide bonds. The molecular formula is C17H25N. The molecule has 0 bridgehead atoms. The standard InChI is InChI=1S/C17H25N/c18-13-17(10-3-4-11-17)16-9-5-8-15(12-16)14-6-1-2-7-14/h5,8-9,12,14H,1-4,6-7,10-11,13,18H2. The summed E-state index contributed by atoms with van der Waals surface area (Å²) >= 11 is 0. The zero-order chi connectivity index (χ0) is 12.4. The Morgan fingerprint density at radius 3 is 2.44 bits per heavy atom. The molecule has 98 valence electrons. The molecule has 18 heavy (non-hydrogen) atoms. The summed E-state index contributed by atoms with van der Waals surface area (Å²) in [7, 11) is 0. The van der Waals surface area contributed by atoms with E-state index >= 15 is 0 Å². The highest BCUT2D eigenvalue weighted by molar-refractivity contribution is 5.33. The van der Waals surface area contributed by atoms with Crippen molar-refractivity contribution in [1.82, 2.24) is 0 Å². The number of nitrogens with two attached hydrogens (primary N) is 1. The van der Waals surface area contributed by atoms with Gasteiger partial charge in [-0.15, -0.1) is 0 Å². The third kappa shape index (κ3) is 2.09. The van der Waals surface area contributed by atoms with Gasteiger partial charge >= 0.3 is 0 Å². The van der Waals surface area contributed by atoms with Crippen LogP contribution in [0.4, 0.5) is 0 Å². The molecule has 0 radical (unpaired) electrons. The number of hydrogen-bond donors (Lipinski definition) is 1. The van der Waals surface area contributed by atoms with Crippen LogP contribution in [0.5, 0.6) is 0 Å². The second-order valence-corrected chi connectivity index (χ2v) is 6.30. The number of rotatable bonds is 3. The molecule has 0 aromatic heterocycles. The van der Waals surface area contributed by atoms with E-state index in [1.54, 1.807) is 5.56 Å². The lowest BCUT2D eigenvalue weighted by molar-refractivity contribution is 0.452. The van der Waals surface area contributed by atoms with Gasteiger partial charge < -0.3 is 5.73 Å². The maximum absolute atomic E-state index is 6.10. The Morgan fingerprint density at radius 2 is 1.78 bits per heavy atom. The molecule has 0 unspecified atom stereocenters. The quantitative estimate of drug-likeness (QED) is 0.849. The fourth-order valence-electron chi connectivity index (χ4n) is 4.04. The lowest BCUT2D eigenvalue weighted by Crippen LogP contribution is -2.32. The van der Waals surface area contributed by atoms with E-state index in [-0.39, 0.29) is 0 Å². The Hall–Kier alpha value is -0.820. The van der Waals surface area contributed by atoms with Crippen molar-refractivity contribution in [3.05, 3.63) is 35.4 Å². The molecule has 0 saturated heterocycles. The summed E-state index contributed by atoms with van der Waals surface area (Å²) in [5.74, 6) is 0.821. The maximum atomic E-state index is 6.10. The van der Waals surface area contributed by atoms with Crippen molar-refractivity contribution in [2.24, 2.45) is 5.73 Å². The van der Waals surface area contributed by atoms with Crippen LogP contribution in [0.2, 0.25) is 0 Å². The minimum atomic E-state index is 0.300. The fraction of sp³-hybridized carbons (Fsp3) is 0.647. The predicted octanol–water partition coefficient (Wildman–Crippen LogP) is 4.11. The molecule has 0 spiro atoms. The molecule has 1 aromatic carbocycles. The van der Waals surface area contributed by atoms with Crippen molar-refractivity contribution in [2.45, 2.75) is 62.7 Å². The zero-order valence-electron chi connectivity index (χ0n) is 11.3. The lowest BCUT2D eigenvalue weighted by Gasteiger charge is -2.29. The summed E-state index contributed by atoms with van der Waals surface area (Å²) in [6.45, 7) is 0.821. The van der Waals surface area contributed by atoms with E-state index in [9.17, 15) is 0 Å². The molecule has 2 saturated carbocycles. The van der Waals surface area contributed by atoms with Crippen LogP contribution in [0.3, 0.4) is 0 Å². The van der Waals surface area contributed by atoms with Crippen molar-refractivity contribution in [3.63, 3.8) is 0 Å². The predicted molar refractivity (Wildman–Crippen MR) is 76.9 cm³/mol. The van der Waals surface area contributed by atoms with E-state index in [1.807, 2.05) is 0 Å². The van der Waals surface area contributed by atoms with Gasteiger partial charge in [0.1, 0.15) is 0 Å². The van der Waals surface area contributed by atoms with Crippen LogP contribution in [0.15, 0.2) is 24.3 Å². The summed E-state index contributed by atoms with van der Waals surface area (Å²) in [4.78, 5) is 0. The highest BCUT2D eigenvalue weighted by Gasteiger charge is 2.34. The van der Waals surface area contributed by atoms with E-state index in [4.69, 9.17) is 5.73 Å². The molecular weight excluding hydrogens is 218 g/mol. The van der Waals surface area contributed by atoms with Crippen LogP contribution in [0, 0.1) is 0 Å². The molecule has 0 heterocycles. The molecule has 2 N–H and O–H groups in total. The summed E-state index contributed by atoms with van der Waals surface area (Å²) in [5, 5.41) is 0. The first-order valence-electron chi connectivity index (χ1n) is 7.65. The third-order valence-electron chi connectivity index (χ3n) is 5.28. The van der Waals surface area contributed by atoms with Gasteiger partial charge in [0, 0.05) is 12.0 Å². The minimum absolute atomic E-state index is 0.300. The Balaban J connectivity index is 1.89. The van der Waals surface area contributed by atoms with E-state index in [0.717, 1.165) is 12.5 Å². The van der Waals surface area contributed by atoms with E-state index < -0.39 is 0 Å². The molecule has 2 aliphatic rings. The summed E-state index contributed by atoms with van der Waals surface area (Å²) in [5.41, 5.74) is 9.50. The van der Waals surface area contributed by atoms with Gasteiger partial charge in [-0.3, -0.25) is 0 Å². The van der Waals surface area contributed by atoms with Crippen LogP contribution < -0.4 is 5.73 Å². The van der Waals surface area contributed by atoms with Gasteiger partial charge in [0.05, 0.1) is 0 Å². The molecule has 3 rings (SSSR count). The topological polar surface area (TPSA) is 26.0 Å². The highest BCUT2D eigenvalue weighted by Crippen LogP contribution is 2.42. The molecule has 0 atom stereocenters. The van der Waals surface area contributed by atoms with Crippen molar-refractivity contribution in [3.8, 4) is 0 Å². The van der Waals surface area contributed by atoms with Crippen LogP contribution in [0.1, 0.15) is 68.4 Å². The first-order chi connectivity index (χ1) is 8.84. The normalized spacial score (nSPS) is 23.6. The number of hydrogen-bond acceptors (Lipinski definition) is 1. The number of benzene rings is 1. The summed E-state index contributed by atoms with van der Waals surface area (Å²) in [6, 6.07) is 9.39. The minimum Gasteiger partial charge on any atom is -0.330 e. The molecule has 1 heteroatoms. The second kappa shape index (κ2) is 5.05. The van der Waals surface area contributed by atoms with Gasteiger partial charge in [0.2, 0.25) is 0 Å². The van der Waals surface area contributed by atoms with Crippen molar-refractivity contribution in [1.29, 1.82) is 0 Å². The first kappa shape index (κ1) is 12.2. The molecule has 1 aromatic rings. The molecule has 2 aliphatic carbocycles. The average molecular weight is 243 g/mol. The fourth-order valence-corrected chi connectivity index (χ4v) is 4.04. The van der Waals surface area contributed by atoms with Gasteiger partial charge in [0.25, 0.3) is 0 Å². The van der Waals surface area contributed by atoms with Gasteiger partial charge in [-0.25, -0.2) is 0 Å². The Kier molecular flexibility index (Phi) is 3.43. The maximum Gasteiger partial charge on any atom is 0.00756 e. The highest BCUT2D eigenvalue weighted by atomic mass is 14.6. The van der Waals surface area contributed by atoms with E-state index in [0.29, 0.717) is 5.41 Å². The second-order valence-electron chi connectivity index (χ2n) is 6.30. The monoisotopic (exact) mass is 243 g/mol. The Labute approximate surface area is 111 Å². The first-order valence-corrected chi connectivity index (χ1v) is 7.65. The van der Waals surface area contributed by atoms with Crippen LogP contribution in [-0.4, -0.2) is 6.54 Å². The van der Waals surface area contributed by atoms with Gasteiger partial charge in [0.15, 0.2) is 0 Å². The molecule has 0 aliphatic heterocycles. The molecule has 1 nitrogen and oxygen atoms in total. The Morgan fingerprint density at radius 1 is 1.06 bits per heavy atom. The van der Waals surface area contributed by atoms with Crippen LogP contribution in [0.25, 0.3) is 0 Å². The summed E-state index contributed by atoms with van der Waals surface area (Å²) < 4.78 is 0. The largest absolute Gasteiger partial charge is 0.330 e. The van der Waals surface area contributed by atoms with Crippen molar-refractivity contribution in [2.75, 3.05) is 6.54 Å². The van der Waals surface area contributed by atoms with Gasteiger partial charge in [-0.1, -0.05) is 49.9 Å². The van der Waals surface area contributed by atoms with Crippen molar-refractivity contribution >= 4 is 0 Å². The third-order valence-corrected chi connectivity index (χ3v) is 5.28. The summed E-state index contributed by atoms with van der Waals surface area (Å²) in [6.07, 6.45) is 10.9. The smallest absolute Gasteiger partial charge is 0.00756 e. The Bertz CT molecular complexity index is 398. The van der Waals surface area contributed by atoms with Gasteiger partial charge in [-0.2, -0.15) is 0 Å². The van der Waals surface area contributed by atoms with E-state index in [1.165, 1.54) is 56.9 Å². The lowest BCUT2D eigenvalue weighted by atomic mass is 9.77. The average Bonchev–Trinajstić information content (AvgIpc) is 3.11. The van der Waals surface area contributed by atoms with E-state index in [2.05, 4.69) is 24.3 Å².